The monoisotopic (exact) mass is 465 g/mol. The molecule has 1 fully saturated rings. The molecule has 0 amide bonds. The van der Waals surface area contributed by atoms with Gasteiger partial charge < -0.3 is 14.0 Å². The average molecular weight is 466 g/mol. The molecule has 0 aliphatic heterocycles. The van der Waals surface area contributed by atoms with Crippen molar-refractivity contribution in [2.45, 2.75) is 70.6 Å². The third kappa shape index (κ3) is 7.38. The lowest BCUT2D eigenvalue weighted by Gasteiger charge is -2.40. The van der Waals surface area contributed by atoms with Gasteiger partial charge in [-0.25, -0.2) is 13.2 Å². The molecule has 0 atom stereocenters. The summed E-state index contributed by atoms with van der Waals surface area (Å²) in [6.07, 6.45) is 1.26. The van der Waals surface area contributed by atoms with Gasteiger partial charge in [0.1, 0.15) is 18.0 Å². The number of carbonyl (C=O) groups excluding carboxylic acids is 1. The zero-order valence-corrected chi connectivity index (χ0v) is 18.5. The molecule has 0 heterocycles. The molecule has 0 unspecified atom stereocenters. The van der Waals surface area contributed by atoms with Crippen LogP contribution in [0.1, 0.15) is 74.7 Å². The number of rotatable bonds is 7. The fourth-order valence-corrected chi connectivity index (χ4v) is 4.10. The molecule has 1 aromatic carbocycles. The van der Waals surface area contributed by atoms with Gasteiger partial charge in [0.25, 0.3) is 0 Å². The average Bonchev–Trinajstić information content (AvgIpc) is 2.61. The molecule has 31 heavy (non-hydrogen) atoms. The van der Waals surface area contributed by atoms with Gasteiger partial charge in [0.2, 0.25) is 0 Å². The van der Waals surface area contributed by atoms with E-state index in [1.807, 2.05) is 13.8 Å². The van der Waals surface area contributed by atoms with E-state index in [4.69, 9.17) is 9.47 Å². The van der Waals surface area contributed by atoms with E-state index in [2.05, 4.69) is 0 Å². The number of carbonyl (C=O) groups is 1. The van der Waals surface area contributed by atoms with Crippen molar-refractivity contribution < 1.29 is 40.4 Å². The van der Waals surface area contributed by atoms with Gasteiger partial charge in [-0.1, -0.05) is 33.1 Å². The molecule has 1 aromatic rings. The SMILES string of the molecule is CC(C)C1(Oc2cc(C(=O)OCCS(=O)(=O)[O-])ccc2C(F)(F)F)CCCCCCC1. The maximum absolute atomic E-state index is 13.6. The van der Waals surface area contributed by atoms with Gasteiger partial charge >= 0.3 is 12.1 Å². The van der Waals surface area contributed by atoms with Crippen LogP contribution in [0.5, 0.6) is 5.75 Å². The van der Waals surface area contributed by atoms with E-state index in [0.717, 1.165) is 50.3 Å². The third-order valence-corrected chi connectivity index (χ3v) is 6.32. The van der Waals surface area contributed by atoms with E-state index in [1.165, 1.54) is 0 Å². The Morgan fingerprint density at radius 2 is 1.71 bits per heavy atom. The Morgan fingerprint density at radius 3 is 2.23 bits per heavy atom. The number of benzene rings is 1. The molecule has 0 bridgehead atoms. The number of hydrogen-bond acceptors (Lipinski definition) is 6. The lowest BCUT2D eigenvalue weighted by Crippen LogP contribution is -2.42. The molecule has 1 aliphatic carbocycles. The topological polar surface area (TPSA) is 92.7 Å². The van der Waals surface area contributed by atoms with E-state index >= 15 is 0 Å². The maximum Gasteiger partial charge on any atom is 0.419 e. The Bertz CT molecular complexity index is 856. The number of hydrogen-bond donors (Lipinski definition) is 0. The largest absolute Gasteiger partial charge is 0.748 e. The van der Waals surface area contributed by atoms with Gasteiger partial charge in [-0.3, -0.25) is 0 Å². The zero-order chi connectivity index (χ0) is 23.3. The first-order chi connectivity index (χ1) is 14.3. The molecule has 176 valence electrons. The molecule has 10 heteroatoms. The van der Waals surface area contributed by atoms with E-state index in [1.54, 1.807) is 0 Å². The Kier molecular flexibility index (Phi) is 8.38. The highest BCUT2D eigenvalue weighted by atomic mass is 32.2. The van der Waals surface area contributed by atoms with Crippen molar-refractivity contribution in [2.24, 2.45) is 5.92 Å². The minimum Gasteiger partial charge on any atom is -0.748 e. The summed E-state index contributed by atoms with van der Waals surface area (Å²) in [5, 5.41) is 0. The number of ether oxygens (including phenoxy) is 2. The molecule has 0 N–H and O–H groups in total. The lowest BCUT2D eigenvalue weighted by atomic mass is 9.79. The molecule has 6 nitrogen and oxygen atoms in total. The molecule has 0 aromatic heterocycles. The van der Waals surface area contributed by atoms with Crippen LogP contribution in [-0.2, 0) is 21.0 Å². The summed E-state index contributed by atoms with van der Waals surface area (Å²) in [6, 6.07) is 2.69. The van der Waals surface area contributed by atoms with Crippen molar-refractivity contribution in [3.05, 3.63) is 29.3 Å². The molecular formula is C21H28F3O6S-. The lowest BCUT2D eigenvalue weighted by molar-refractivity contribution is -0.140. The zero-order valence-electron chi connectivity index (χ0n) is 17.7. The summed E-state index contributed by atoms with van der Waals surface area (Å²) in [7, 11) is -4.58. The molecule has 2 rings (SSSR count). The summed E-state index contributed by atoms with van der Waals surface area (Å²) in [6.45, 7) is 3.14. The van der Waals surface area contributed by atoms with Gasteiger partial charge in [-0.2, -0.15) is 13.2 Å². The highest BCUT2D eigenvalue weighted by Gasteiger charge is 2.40. The van der Waals surface area contributed by atoms with Gasteiger partial charge in [0.15, 0.2) is 0 Å². The molecule has 1 aliphatic rings. The van der Waals surface area contributed by atoms with Crippen molar-refractivity contribution in [1.29, 1.82) is 0 Å². The van der Waals surface area contributed by atoms with Crippen molar-refractivity contribution in [2.75, 3.05) is 12.4 Å². The van der Waals surface area contributed by atoms with Crippen LogP contribution < -0.4 is 4.74 Å². The summed E-state index contributed by atoms with van der Waals surface area (Å²) < 4.78 is 83.6. The molecule has 0 spiro atoms. The fraction of sp³-hybridized carbons (Fsp3) is 0.667. The van der Waals surface area contributed by atoms with Gasteiger partial charge in [0.05, 0.1) is 27.0 Å². The molecule has 1 saturated carbocycles. The molecule has 0 radical (unpaired) electrons. The number of halogens is 3. The van der Waals surface area contributed by atoms with Gasteiger partial charge in [-0.15, -0.1) is 0 Å². The second-order valence-electron chi connectivity index (χ2n) is 8.20. The van der Waals surface area contributed by atoms with Crippen LogP contribution in [0.3, 0.4) is 0 Å². The van der Waals surface area contributed by atoms with Crippen LogP contribution >= 0.6 is 0 Å². The maximum atomic E-state index is 13.6. The smallest absolute Gasteiger partial charge is 0.419 e. The van der Waals surface area contributed by atoms with E-state index in [-0.39, 0.29) is 11.5 Å². The summed E-state index contributed by atoms with van der Waals surface area (Å²) in [4.78, 5) is 12.2. The van der Waals surface area contributed by atoms with Crippen LogP contribution in [0, 0.1) is 5.92 Å². The van der Waals surface area contributed by atoms with E-state index in [9.17, 15) is 30.9 Å². The number of alkyl halides is 3. The van der Waals surface area contributed by atoms with Crippen molar-refractivity contribution >= 4 is 16.1 Å². The van der Waals surface area contributed by atoms with E-state index in [0.29, 0.717) is 12.8 Å². The minimum atomic E-state index is -4.69. The Hall–Kier alpha value is -1.81. The highest BCUT2D eigenvalue weighted by molar-refractivity contribution is 7.85. The second-order valence-corrected chi connectivity index (χ2v) is 9.72. The predicted molar refractivity (Wildman–Crippen MR) is 107 cm³/mol. The first-order valence-electron chi connectivity index (χ1n) is 10.3. The summed E-state index contributed by atoms with van der Waals surface area (Å²) in [5.41, 5.74) is -2.00. The van der Waals surface area contributed by atoms with Crippen molar-refractivity contribution in [3.63, 3.8) is 0 Å². The first-order valence-corrected chi connectivity index (χ1v) is 11.9. The second kappa shape index (κ2) is 10.2. The highest BCUT2D eigenvalue weighted by Crippen LogP contribution is 2.42. The van der Waals surface area contributed by atoms with Crippen molar-refractivity contribution in [3.8, 4) is 5.75 Å². The van der Waals surface area contributed by atoms with Crippen molar-refractivity contribution in [1.82, 2.24) is 0 Å². The summed E-state index contributed by atoms with van der Waals surface area (Å²) in [5.74, 6) is -2.45. The van der Waals surface area contributed by atoms with Crippen LogP contribution in [0.25, 0.3) is 0 Å². The normalized spacial score (nSPS) is 17.6. The first kappa shape index (κ1) is 25.5. The fourth-order valence-electron chi connectivity index (χ4n) is 3.81. The number of esters is 1. The Labute approximate surface area is 180 Å². The Morgan fingerprint density at radius 1 is 1.13 bits per heavy atom. The summed E-state index contributed by atoms with van der Waals surface area (Å²) >= 11 is 0. The molecule has 0 saturated heterocycles. The van der Waals surface area contributed by atoms with Crippen LogP contribution in [-0.4, -0.2) is 36.9 Å². The van der Waals surface area contributed by atoms with Crippen LogP contribution in [0.4, 0.5) is 13.2 Å². The minimum absolute atomic E-state index is 0.0513. The predicted octanol–water partition coefficient (Wildman–Crippen LogP) is 4.93. The third-order valence-electron chi connectivity index (χ3n) is 5.65. The van der Waals surface area contributed by atoms with Crippen LogP contribution in [0.2, 0.25) is 0 Å². The van der Waals surface area contributed by atoms with Gasteiger partial charge in [-0.05, 0) is 49.8 Å². The quantitative estimate of drug-likeness (QED) is 0.419. The van der Waals surface area contributed by atoms with Gasteiger partial charge in [0, 0.05) is 0 Å². The van der Waals surface area contributed by atoms with Crippen LogP contribution in [0.15, 0.2) is 18.2 Å². The standard InChI is InChI=1S/C21H29F3O6S/c1-15(2)20(10-6-4-3-5-7-11-20)30-18-14-16(8-9-17(18)21(22,23)24)19(25)29-12-13-31(26,27)28/h8-9,14-15H,3-7,10-13H2,1-2H3,(H,26,27,28)/p-1. The molecular weight excluding hydrogens is 437 g/mol. The van der Waals surface area contributed by atoms with E-state index < -0.39 is 51.5 Å². The Balaban J connectivity index is 2.35.